The average molecular weight is 288 g/mol. The van der Waals surface area contributed by atoms with Crippen LogP contribution >= 0.6 is 15.9 Å². The van der Waals surface area contributed by atoms with E-state index >= 15 is 0 Å². The van der Waals surface area contributed by atoms with Gasteiger partial charge in [0.2, 0.25) is 0 Å². The van der Waals surface area contributed by atoms with Gasteiger partial charge in [0.1, 0.15) is 5.75 Å². The lowest BCUT2D eigenvalue weighted by molar-refractivity contribution is 0.230. The Morgan fingerprint density at radius 2 is 2.06 bits per heavy atom. The average Bonchev–Trinajstić information content (AvgIpc) is 2.28. The summed E-state index contributed by atoms with van der Waals surface area (Å²) in [4.78, 5) is 0. The minimum Gasteiger partial charge on any atom is -0.508 e. The summed E-state index contributed by atoms with van der Waals surface area (Å²) < 4.78 is 0.948. The standard InChI is InChI=1S/C12H18BrNO2/c1-8(7-15)6-14-9(2)11-5-10(13)3-4-12(11)16/h3-5,8-9,14-16H,6-7H2,1-2H3. The molecule has 0 aliphatic rings. The molecule has 0 radical (unpaired) electrons. The number of aliphatic hydroxyl groups excluding tert-OH is 1. The molecule has 4 heteroatoms. The van der Waals surface area contributed by atoms with E-state index in [1.54, 1.807) is 6.07 Å². The summed E-state index contributed by atoms with van der Waals surface area (Å²) in [5.41, 5.74) is 0.861. The zero-order chi connectivity index (χ0) is 12.1. The van der Waals surface area contributed by atoms with E-state index in [-0.39, 0.29) is 18.6 Å². The predicted molar refractivity (Wildman–Crippen MR) is 68.5 cm³/mol. The SMILES string of the molecule is CC(CO)CNC(C)c1cc(Br)ccc1O. The monoisotopic (exact) mass is 287 g/mol. The molecule has 0 fully saturated rings. The Labute approximate surface area is 105 Å². The van der Waals surface area contributed by atoms with Crippen molar-refractivity contribution in [2.75, 3.05) is 13.2 Å². The first-order valence-electron chi connectivity index (χ1n) is 5.37. The molecule has 0 saturated carbocycles. The molecular weight excluding hydrogens is 270 g/mol. The number of benzene rings is 1. The van der Waals surface area contributed by atoms with Crippen molar-refractivity contribution in [1.29, 1.82) is 0 Å². The number of nitrogens with one attached hydrogen (secondary N) is 1. The highest BCUT2D eigenvalue weighted by atomic mass is 79.9. The topological polar surface area (TPSA) is 52.5 Å². The van der Waals surface area contributed by atoms with Crippen LogP contribution in [0.15, 0.2) is 22.7 Å². The van der Waals surface area contributed by atoms with Gasteiger partial charge in [-0.25, -0.2) is 0 Å². The van der Waals surface area contributed by atoms with Crippen molar-refractivity contribution >= 4 is 15.9 Å². The fourth-order valence-electron chi connectivity index (χ4n) is 1.42. The van der Waals surface area contributed by atoms with E-state index in [0.717, 1.165) is 16.6 Å². The Balaban J connectivity index is 2.65. The summed E-state index contributed by atoms with van der Waals surface area (Å²) in [6.45, 7) is 4.86. The predicted octanol–water partition coefficient (Wildman–Crippen LogP) is 2.43. The zero-order valence-corrected chi connectivity index (χ0v) is 11.2. The van der Waals surface area contributed by atoms with Gasteiger partial charge in [-0.05, 0) is 31.0 Å². The molecule has 0 heterocycles. The van der Waals surface area contributed by atoms with E-state index in [0.29, 0.717) is 5.75 Å². The van der Waals surface area contributed by atoms with E-state index in [1.807, 2.05) is 26.0 Å². The number of aliphatic hydroxyl groups is 1. The van der Waals surface area contributed by atoms with Crippen molar-refractivity contribution < 1.29 is 10.2 Å². The number of aromatic hydroxyl groups is 1. The highest BCUT2D eigenvalue weighted by Crippen LogP contribution is 2.27. The summed E-state index contributed by atoms with van der Waals surface area (Å²) in [6.07, 6.45) is 0. The highest BCUT2D eigenvalue weighted by molar-refractivity contribution is 9.10. The van der Waals surface area contributed by atoms with Crippen LogP contribution < -0.4 is 5.32 Å². The molecule has 0 bridgehead atoms. The first-order valence-corrected chi connectivity index (χ1v) is 6.16. The Bertz CT molecular complexity index is 344. The van der Waals surface area contributed by atoms with Crippen LogP contribution in [-0.4, -0.2) is 23.4 Å². The van der Waals surface area contributed by atoms with Gasteiger partial charge in [0, 0.05) is 29.2 Å². The lowest BCUT2D eigenvalue weighted by Crippen LogP contribution is -2.26. The second-order valence-electron chi connectivity index (χ2n) is 4.12. The van der Waals surface area contributed by atoms with Gasteiger partial charge in [0.05, 0.1) is 0 Å². The molecule has 1 rings (SSSR count). The van der Waals surface area contributed by atoms with E-state index in [2.05, 4.69) is 21.2 Å². The molecule has 2 unspecified atom stereocenters. The second-order valence-corrected chi connectivity index (χ2v) is 5.04. The van der Waals surface area contributed by atoms with Gasteiger partial charge in [-0.1, -0.05) is 22.9 Å². The minimum absolute atomic E-state index is 0.0616. The summed E-state index contributed by atoms with van der Waals surface area (Å²) in [5.74, 6) is 0.511. The number of hydrogen-bond donors (Lipinski definition) is 3. The third-order valence-corrected chi connectivity index (χ3v) is 3.03. The molecule has 0 aliphatic heterocycles. The Morgan fingerprint density at radius 3 is 2.69 bits per heavy atom. The lowest BCUT2D eigenvalue weighted by Gasteiger charge is -2.18. The van der Waals surface area contributed by atoms with Crippen molar-refractivity contribution in [1.82, 2.24) is 5.32 Å². The van der Waals surface area contributed by atoms with Crippen LogP contribution in [0.4, 0.5) is 0 Å². The molecule has 1 aromatic carbocycles. The van der Waals surface area contributed by atoms with Gasteiger partial charge in [0.15, 0.2) is 0 Å². The molecule has 0 aromatic heterocycles. The highest BCUT2D eigenvalue weighted by Gasteiger charge is 2.11. The molecular formula is C12H18BrNO2. The fraction of sp³-hybridized carbons (Fsp3) is 0.500. The number of halogens is 1. The Hall–Kier alpha value is -0.580. The zero-order valence-electron chi connectivity index (χ0n) is 9.57. The normalized spacial score (nSPS) is 14.8. The van der Waals surface area contributed by atoms with Gasteiger partial charge in [-0.2, -0.15) is 0 Å². The lowest BCUT2D eigenvalue weighted by atomic mass is 10.1. The first-order chi connectivity index (χ1) is 7.54. The molecule has 3 N–H and O–H groups in total. The summed E-state index contributed by atoms with van der Waals surface area (Å²) in [7, 11) is 0. The number of hydrogen-bond acceptors (Lipinski definition) is 3. The van der Waals surface area contributed by atoms with Crippen LogP contribution in [0.5, 0.6) is 5.75 Å². The Morgan fingerprint density at radius 1 is 1.38 bits per heavy atom. The van der Waals surface area contributed by atoms with E-state index in [9.17, 15) is 5.11 Å². The van der Waals surface area contributed by atoms with Gasteiger partial charge in [-0.15, -0.1) is 0 Å². The third-order valence-electron chi connectivity index (χ3n) is 2.54. The van der Waals surface area contributed by atoms with Crippen LogP contribution in [0.25, 0.3) is 0 Å². The van der Waals surface area contributed by atoms with Crippen LogP contribution in [0.1, 0.15) is 25.5 Å². The van der Waals surface area contributed by atoms with Crippen LogP contribution in [-0.2, 0) is 0 Å². The number of rotatable bonds is 5. The maximum atomic E-state index is 9.72. The molecule has 0 aliphatic carbocycles. The van der Waals surface area contributed by atoms with Gasteiger partial charge in [0.25, 0.3) is 0 Å². The van der Waals surface area contributed by atoms with Crippen molar-refractivity contribution in [3.05, 3.63) is 28.2 Å². The second kappa shape index (κ2) is 6.23. The van der Waals surface area contributed by atoms with E-state index in [1.165, 1.54) is 0 Å². The molecule has 0 amide bonds. The maximum absolute atomic E-state index is 9.72. The van der Waals surface area contributed by atoms with Crippen molar-refractivity contribution in [3.63, 3.8) is 0 Å². The largest absolute Gasteiger partial charge is 0.508 e. The number of phenols is 1. The van der Waals surface area contributed by atoms with E-state index < -0.39 is 0 Å². The molecule has 3 nitrogen and oxygen atoms in total. The van der Waals surface area contributed by atoms with Gasteiger partial charge >= 0.3 is 0 Å². The first kappa shape index (κ1) is 13.5. The fourth-order valence-corrected chi connectivity index (χ4v) is 1.80. The molecule has 0 saturated heterocycles. The summed E-state index contributed by atoms with van der Waals surface area (Å²) >= 11 is 3.38. The summed E-state index contributed by atoms with van der Waals surface area (Å²) in [5, 5.41) is 21.9. The summed E-state index contributed by atoms with van der Waals surface area (Å²) in [6, 6.07) is 5.44. The molecule has 90 valence electrons. The van der Waals surface area contributed by atoms with Crippen molar-refractivity contribution in [2.45, 2.75) is 19.9 Å². The minimum atomic E-state index is 0.0616. The van der Waals surface area contributed by atoms with Crippen molar-refractivity contribution in [3.8, 4) is 5.75 Å². The number of phenolic OH excluding ortho intramolecular Hbond substituents is 1. The maximum Gasteiger partial charge on any atom is 0.120 e. The quantitative estimate of drug-likeness (QED) is 0.780. The van der Waals surface area contributed by atoms with Gasteiger partial charge < -0.3 is 15.5 Å². The molecule has 2 atom stereocenters. The molecule has 0 spiro atoms. The van der Waals surface area contributed by atoms with Crippen LogP contribution in [0, 0.1) is 5.92 Å². The van der Waals surface area contributed by atoms with Crippen molar-refractivity contribution in [2.24, 2.45) is 5.92 Å². The molecule has 1 aromatic rings. The van der Waals surface area contributed by atoms with Crippen LogP contribution in [0.2, 0.25) is 0 Å². The van der Waals surface area contributed by atoms with Gasteiger partial charge in [-0.3, -0.25) is 0 Å². The Kier molecular flexibility index (Phi) is 5.25. The smallest absolute Gasteiger partial charge is 0.120 e. The van der Waals surface area contributed by atoms with E-state index in [4.69, 9.17) is 5.11 Å². The van der Waals surface area contributed by atoms with Crippen LogP contribution in [0.3, 0.4) is 0 Å². The molecule has 16 heavy (non-hydrogen) atoms. The third kappa shape index (κ3) is 3.77.